The third-order valence-electron chi connectivity index (χ3n) is 2.21. The highest BCUT2D eigenvalue weighted by Crippen LogP contribution is 2.36. The minimum Gasteiger partial charge on any atom is -0.307 e. The van der Waals surface area contributed by atoms with Gasteiger partial charge in [-0.1, -0.05) is 23.2 Å². The molecule has 1 aromatic rings. The van der Waals surface area contributed by atoms with Crippen molar-refractivity contribution in [3.63, 3.8) is 0 Å². The van der Waals surface area contributed by atoms with Gasteiger partial charge in [-0.15, -0.1) is 11.3 Å². The van der Waals surface area contributed by atoms with Crippen molar-refractivity contribution in [3.05, 3.63) is 20.3 Å². The highest BCUT2D eigenvalue weighted by molar-refractivity contribution is 7.20. The van der Waals surface area contributed by atoms with Gasteiger partial charge in [0.05, 0.1) is 8.67 Å². The fraction of sp³-hybridized carbons (Fsp3) is 0.556. The van der Waals surface area contributed by atoms with E-state index in [0.717, 1.165) is 14.2 Å². The quantitative estimate of drug-likeness (QED) is 0.840. The van der Waals surface area contributed by atoms with Crippen LogP contribution in [-0.2, 0) is 0 Å². The van der Waals surface area contributed by atoms with Gasteiger partial charge in [-0.3, -0.25) is 0 Å². The van der Waals surface area contributed by atoms with E-state index in [-0.39, 0.29) is 0 Å². The molecule has 0 saturated heterocycles. The lowest BCUT2D eigenvalue weighted by atomic mass is 10.2. The predicted octanol–water partition coefficient (Wildman–Crippen LogP) is 3.87. The van der Waals surface area contributed by atoms with E-state index in [1.54, 1.807) is 0 Å². The molecule has 1 fully saturated rings. The number of thiophene rings is 1. The summed E-state index contributed by atoms with van der Waals surface area (Å²) in [6.45, 7) is 2.13. The van der Waals surface area contributed by atoms with Crippen molar-refractivity contribution in [2.45, 2.75) is 31.8 Å². The molecule has 2 rings (SSSR count). The molecule has 1 saturated carbocycles. The minimum absolute atomic E-state index is 0.323. The normalized spacial score (nSPS) is 19.0. The van der Waals surface area contributed by atoms with E-state index in [0.29, 0.717) is 12.1 Å². The summed E-state index contributed by atoms with van der Waals surface area (Å²) in [4.78, 5) is 0. The number of nitrogens with one attached hydrogen (secondary N) is 1. The topological polar surface area (TPSA) is 12.0 Å². The molecule has 0 amide bonds. The van der Waals surface area contributed by atoms with Crippen LogP contribution in [0, 0.1) is 0 Å². The van der Waals surface area contributed by atoms with Crippen LogP contribution >= 0.6 is 34.5 Å². The summed E-state index contributed by atoms with van der Waals surface area (Å²) in [5.41, 5.74) is 1.13. The molecule has 0 radical (unpaired) electrons. The number of halogens is 2. The van der Waals surface area contributed by atoms with Crippen molar-refractivity contribution in [2.24, 2.45) is 0 Å². The third kappa shape index (κ3) is 2.38. The van der Waals surface area contributed by atoms with Crippen LogP contribution < -0.4 is 5.32 Å². The first kappa shape index (κ1) is 9.78. The Bertz CT molecular complexity index is 307. The molecular weight excluding hydrogens is 225 g/mol. The van der Waals surface area contributed by atoms with Gasteiger partial charge < -0.3 is 5.32 Å². The second-order valence-corrected chi connectivity index (χ2v) is 5.73. The molecule has 0 unspecified atom stereocenters. The number of rotatable bonds is 3. The molecule has 4 heteroatoms. The van der Waals surface area contributed by atoms with Crippen molar-refractivity contribution in [2.75, 3.05) is 0 Å². The highest BCUT2D eigenvalue weighted by atomic mass is 35.5. The molecule has 1 atom stereocenters. The monoisotopic (exact) mass is 235 g/mol. The zero-order valence-electron chi connectivity index (χ0n) is 7.31. The van der Waals surface area contributed by atoms with Crippen LogP contribution in [0.5, 0.6) is 0 Å². The van der Waals surface area contributed by atoms with Crippen molar-refractivity contribution in [1.29, 1.82) is 0 Å². The Morgan fingerprint density at radius 1 is 1.54 bits per heavy atom. The summed E-state index contributed by atoms with van der Waals surface area (Å²) < 4.78 is 1.58. The van der Waals surface area contributed by atoms with Gasteiger partial charge in [-0.05, 0) is 31.4 Å². The summed E-state index contributed by atoms with van der Waals surface area (Å²) in [6, 6.07) is 2.97. The van der Waals surface area contributed by atoms with Gasteiger partial charge in [-0.2, -0.15) is 0 Å². The number of hydrogen-bond acceptors (Lipinski definition) is 2. The van der Waals surface area contributed by atoms with Gasteiger partial charge in [0, 0.05) is 12.1 Å². The largest absolute Gasteiger partial charge is 0.307 e. The van der Waals surface area contributed by atoms with Gasteiger partial charge in [0.25, 0.3) is 0 Å². The molecule has 0 aliphatic heterocycles. The van der Waals surface area contributed by atoms with Crippen LogP contribution in [0.3, 0.4) is 0 Å². The van der Waals surface area contributed by atoms with Gasteiger partial charge >= 0.3 is 0 Å². The van der Waals surface area contributed by atoms with Gasteiger partial charge in [0.1, 0.15) is 0 Å². The summed E-state index contributed by atoms with van der Waals surface area (Å²) >= 11 is 13.3. The van der Waals surface area contributed by atoms with Gasteiger partial charge in [-0.25, -0.2) is 0 Å². The van der Waals surface area contributed by atoms with Gasteiger partial charge in [0.15, 0.2) is 0 Å². The van der Waals surface area contributed by atoms with E-state index in [4.69, 9.17) is 23.2 Å². The van der Waals surface area contributed by atoms with Crippen LogP contribution in [0.2, 0.25) is 8.67 Å². The zero-order chi connectivity index (χ0) is 9.42. The molecule has 1 nitrogen and oxygen atoms in total. The van der Waals surface area contributed by atoms with Crippen LogP contribution in [0.4, 0.5) is 0 Å². The summed E-state index contributed by atoms with van der Waals surface area (Å²) in [7, 11) is 0. The van der Waals surface area contributed by atoms with Crippen LogP contribution in [0.25, 0.3) is 0 Å². The Morgan fingerprint density at radius 3 is 2.69 bits per heavy atom. The zero-order valence-corrected chi connectivity index (χ0v) is 9.64. The van der Waals surface area contributed by atoms with Crippen LogP contribution in [0.15, 0.2) is 6.07 Å². The van der Waals surface area contributed by atoms with E-state index in [9.17, 15) is 0 Å². The fourth-order valence-electron chi connectivity index (χ4n) is 1.34. The van der Waals surface area contributed by atoms with Crippen molar-refractivity contribution in [1.82, 2.24) is 5.32 Å². The second-order valence-electron chi connectivity index (χ2n) is 3.44. The average Bonchev–Trinajstić information content (AvgIpc) is 2.77. The van der Waals surface area contributed by atoms with Crippen LogP contribution in [0.1, 0.15) is 31.4 Å². The molecular formula is C9H11Cl2NS. The standard InChI is InChI=1S/C9H11Cl2NS/c1-5(12-6-2-3-6)7-4-8(10)13-9(7)11/h4-6,12H,2-3H2,1H3/t5-/m0/s1. The van der Waals surface area contributed by atoms with Crippen molar-refractivity contribution < 1.29 is 0 Å². The Kier molecular flexibility index (Phi) is 2.84. The van der Waals surface area contributed by atoms with Crippen molar-refractivity contribution >= 4 is 34.5 Å². The summed E-state index contributed by atoms with van der Waals surface area (Å²) in [5, 5.41) is 3.49. The van der Waals surface area contributed by atoms with E-state index in [1.165, 1.54) is 24.2 Å². The summed E-state index contributed by atoms with van der Waals surface area (Å²) in [5.74, 6) is 0. The first-order chi connectivity index (χ1) is 6.16. The van der Waals surface area contributed by atoms with Crippen LogP contribution in [-0.4, -0.2) is 6.04 Å². The first-order valence-corrected chi connectivity index (χ1v) is 5.95. The SMILES string of the molecule is C[C@H](NC1CC1)c1cc(Cl)sc1Cl. The lowest BCUT2D eigenvalue weighted by Crippen LogP contribution is -2.20. The molecule has 0 spiro atoms. The third-order valence-corrected chi connectivity index (χ3v) is 3.73. The lowest BCUT2D eigenvalue weighted by molar-refractivity contribution is 0.573. The molecule has 1 N–H and O–H groups in total. The summed E-state index contributed by atoms with van der Waals surface area (Å²) in [6.07, 6.45) is 2.58. The molecule has 1 heterocycles. The average molecular weight is 236 g/mol. The van der Waals surface area contributed by atoms with E-state index in [1.807, 2.05) is 6.07 Å². The molecule has 13 heavy (non-hydrogen) atoms. The maximum absolute atomic E-state index is 6.04. The maximum atomic E-state index is 6.04. The van der Waals surface area contributed by atoms with Crippen molar-refractivity contribution in [3.8, 4) is 0 Å². The molecule has 1 aliphatic carbocycles. The van der Waals surface area contributed by atoms with E-state index in [2.05, 4.69) is 12.2 Å². The molecule has 0 aromatic carbocycles. The Labute approximate surface area is 92.0 Å². The second kappa shape index (κ2) is 3.77. The molecule has 72 valence electrons. The predicted molar refractivity (Wildman–Crippen MR) is 58.9 cm³/mol. The Morgan fingerprint density at radius 2 is 2.23 bits per heavy atom. The smallest absolute Gasteiger partial charge is 0.0991 e. The Hall–Kier alpha value is 0.240. The minimum atomic E-state index is 0.323. The maximum Gasteiger partial charge on any atom is 0.0991 e. The highest BCUT2D eigenvalue weighted by Gasteiger charge is 2.24. The Balaban J connectivity index is 2.08. The fourth-order valence-corrected chi connectivity index (χ4v) is 2.99. The van der Waals surface area contributed by atoms with E-state index >= 15 is 0 Å². The van der Waals surface area contributed by atoms with Gasteiger partial charge in [0.2, 0.25) is 0 Å². The lowest BCUT2D eigenvalue weighted by Gasteiger charge is -2.11. The molecule has 1 aliphatic rings. The molecule has 0 bridgehead atoms. The van der Waals surface area contributed by atoms with E-state index < -0.39 is 0 Å². The first-order valence-electron chi connectivity index (χ1n) is 4.37. The number of hydrogen-bond donors (Lipinski definition) is 1. The molecule has 1 aromatic heterocycles.